The van der Waals surface area contributed by atoms with E-state index in [1.807, 2.05) is 0 Å². The minimum atomic E-state index is -0.244. The molecule has 0 saturated heterocycles. The number of hydrogen-bond donors (Lipinski definition) is 2. The van der Waals surface area contributed by atoms with Gasteiger partial charge in [-0.05, 0) is 0 Å². The van der Waals surface area contributed by atoms with Gasteiger partial charge in [-0.2, -0.15) is 0 Å². The van der Waals surface area contributed by atoms with Crippen molar-refractivity contribution in [1.82, 2.24) is 19.6 Å². The van der Waals surface area contributed by atoms with E-state index in [9.17, 15) is 4.79 Å². The second kappa shape index (κ2) is 2.33. The van der Waals surface area contributed by atoms with Crippen molar-refractivity contribution in [2.24, 2.45) is 0 Å². The van der Waals surface area contributed by atoms with E-state index in [1.54, 1.807) is 23.8 Å². The minimum Gasteiger partial charge on any atom is -0.357 e. The summed E-state index contributed by atoms with van der Waals surface area (Å²) in [6, 6.07) is 0. The summed E-state index contributed by atoms with van der Waals surface area (Å²) in [5, 5.41) is 10.3. The Morgan fingerprint density at radius 3 is 3.17 bits per heavy atom. The van der Waals surface area contributed by atoms with Gasteiger partial charge in [0, 0.05) is 19.4 Å². The first-order chi connectivity index (χ1) is 5.83. The van der Waals surface area contributed by atoms with Gasteiger partial charge in [0.05, 0.1) is 0 Å². The van der Waals surface area contributed by atoms with Crippen molar-refractivity contribution in [2.45, 2.75) is 0 Å². The van der Waals surface area contributed by atoms with Crippen molar-refractivity contribution in [2.75, 3.05) is 12.4 Å². The average Bonchev–Trinajstić information content (AvgIpc) is 2.49. The summed E-state index contributed by atoms with van der Waals surface area (Å²) in [6.07, 6.45) is 3.22. The molecule has 2 rings (SSSR count). The van der Waals surface area contributed by atoms with Gasteiger partial charge in [0.2, 0.25) is 11.6 Å². The van der Waals surface area contributed by atoms with Crippen LogP contribution in [-0.2, 0) is 0 Å². The van der Waals surface area contributed by atoms with Gasteiger partial charge in [0.1, 0.15) is 0 Å². The largest absolute Gasteiger partial charge is 0.357 e. The van der Waals surface area contributed by atoms with Gasteiger partial charge < -0.3 is 10.3 Å². The third-order valence-corrected chi connectivity index (χ3v) is 1.56. The smallest absolute Gasteiger partial charge is 0.293 e. The van der Waals surface area contributed by atoms with Crippen LogP contribution in [-0.4, -0.2) is 26.6 Å². The van der Waals surface area contributed by atoms with Crippen LogP contribution in [0.15, 0.2) is 17.2 Å². The number of hydrogen-bond acceptors (Lipinski definition) is 4. The van der Waals surface area contributed by atoms with Crippen LogP contribution in [0.2, 0.25) is 0 Å². The summed E-state index contributed by atoms with van der Waals surface area (Å²) in [7, 11) is 1.72. The van der Waals surface area contributed by atoms with Gasteiger partial charge in [0.15, 0.2) is 0 Å². The zero-order chi connectivity index (χ0) is 8.55. The lowest BCUT2D eigenvalue weighted by molar-refractivity contribution is 1.08. The van der Waals surface area contributed by atoms with E-state index >= 15 is 0 Å². The van der Waals surface area contributed by atoms with E-state index in [0.717, 1.165) is 0 Å². The lowest BCUT2D eigenvalue weighted by Gasteiger charge is -1.94. The average molecular weight is 165 g/mol. The predicted octanol–water partition coefficient (Wildman–Crippen LogP) is -0.541. The Balaban J connectivity index is 2.89. The Labute approximate surface area is 67.3 Å². The molecule has 0 aliphatic carbocycles. The molecule has 0 unspecified atom stereocenters. The summed E-state index contributed by atoms with van der Waals surface area (Å²) < 4.78 is 1.58. The third kappa shape index (κ3) is 0.777. The summed E-state index contributed by atoms with van der Waals surface area (Å²) in [5.41, 5.74) is 0.0494. The summed E-state index contributed by atoms with van der Waals surface area (Å²) >= 11 is 0. The molecule has 2 aromatic rings. The lowest BCUT2D eigenvalue weighted by atomic mass is 10.7. The van der Waals surface area contributed by atoms with Gasteiger partial charge >= 0.3 is 0 Å². The maximum atomic E-state index is 11.1. The van der Waals surface area contributed by atoms with Crippen LogP contribution >= 0.6 is 0 Å². The lowest BCUT2D eigenvalue weighted by Crippen LogP contribution is -2.09. The fourth-order valence-electron chi connectivity index (χ4n) is 1.01. The summed E-state index contributed by atoms with van der Waals surface area (Å²) in [4.78, 5) is 13.6. The predicted molar refractivity (Wildman–Crippen MR) is 43.2 cm³/mol. The van der Waals surface area contributed by atoms with Gasteiger partial charge in [-0.15, -0.1) is 10.2 Å². The van der Waals surface area contributed by atoms with Crippen molar-refractivity contribution in [1.29, 1.82) is 0 Å². The van der Waals surface area contributed by atoms with Crippen molar-refractivity contribution in [3.8, 4) is 0 Å². The number of aromatic amines is 1. The number of fused-ring (bicyclic) bond motifs is 1. The molecule has 2 heterocycles. The molecule has 0 bridgehead atoms. The number of nitrogens with zero attached hydrogens (tertiary/aromatic N) is 3. The quantitative estimate of drug-likeness (QED) is 0.595. The van der Waals surface area contributed by atoms with E-state index in [4.69, 9.17) is 0 Å². The number of rotatable bonds is 1. The number of aromatic nitrogens is 4. The van der Waals surface area contributed by atoms with Crippen molar-refractivity contribution >= 4 is 11.6 Å². The number of anilines is 1. The van der Waals surface area contributed by atoms with Gasteiger partial charge in [-0.25, -0.2) is 0 Å². The highest BCUT2D eigenvalue weighted by Crippen LogP contribution is 2.00. The van der Waals surface area contributed by atoms with Crippen LogP contribution in [0.25, 0.3) is 5.65 Å². The van der Waals surface area contributed by atoms with Crippen LogP contribution in [0.1, 0.15) is 0 Å². The summed E-state index contributed by atoms with van der Waals surface area (Å²) in [6.45, 7) is 0. The van der Waals surface area contributed by atoms with E-state index < -0.39 is 0 Å². The molecule has 2 N–H and O–H groups in total. The molecular weight excluding hydrogens is 158 g/mol. The molecule has 0 amide bonds. The molecule has 0 aromatic carbocycles. The second-order valence-electron chi connectivity index (χ2n) is 2.26. The van der Waals surface area contributed by atoms with E-state index in [1.165, 1.54) is 0 Å². The third-order valence-electron chi connectivity index (χ3n) is 1.56. The van der Waals surface area contributed by atoms with Crippen molar-refractivity contribution in [3.05, 3.63) is 22.7 Å². The van der Waals surface area contributed by atoms with E-state index in [-0.39, 0.29) is 5.56 Å². The Kier molecular flexibility index (Phi) is 1.33. The maximum absolute atomic E-state index is 11.1. The van der Waals surface area contributed by atoms with E-state index in [0.29, 0.717) is 11.6 Å². The molecular formula is C6H7N5O. The molecule has 6 heteroatoms. The first-order valence-corrected chi connectivity index (χ1v) is 3.43. The minimum absolute atomic E-state index is 0.244. The van der Waals surface area contributed by atoms with Crippen LogP contribution < -0.4 is 10.9 Å². The Bertz CT molecular complexity index is 456. The van der Waals surface area contributed by atoms with Crippen LogP contribution in [0.4, 0.5) is 5.95 Å². The van der Waals surface area contributed by atoms with Crippen molar-refractivity contribution in [3.63, 3.8) is 0 Å². The van der Waals surface area contributed by atoms with Crippen molar-refractivity contribution < 1.29 is 0 Å². The first-order valence-electron chi connectivity index (χ1n) is 3.43. The molecule has 0 spiro atoms. The molecule has 0 aliphatic rings. The zero-order valence-corrected chi connectivity index (χ0v) is 6.40. The molecule has 0 saturated carbocycles. The summed E-state index contributed by atoms with van der Waals surface area (Å²) in [5.74, 6) is 0.552. The molecule has 0 radical (unpaired) electrons. The maximum Gasteiger partial charge on any atom is 0.293 e. The second-order valence-corrected chi connectivity index (χ2v) is 2.26. The molecule has 2 aromatic heterocycles. The highest BCUT2D eigenvalue weighted by atomic mass is 16.1. The molecule has 62 valence electrons. The SMILES string of the molecule is CNc1nnc2c(=O)[nH]ccn12. The topological polar surface area (TPSA) is 75.1 Å². The van der Waals surface area contributed by atoms with Gasteiger partial charge in [-0.3, -0.25) is 9.20 Å². The fraction of sp³-hybridized carbons (Fsp3) is 0.167. The molecule has 0 fully saturated rings. The number of nitrogens with one attached hydrogen (secondary N) is 2. The Morgan fingerprint density at radius 1 is 1.58 bits per heavy atom. The molecule has 0 atom stereocenters. The highest BCUT2D eigenvalue weighted by molar-refractivity contribution is 5.42. The number of H-pyrrole nitrogens is 1. The Morgan fingerprint density at radius 2 is 2.42 bits per heavy atom. The highest BCUT2D eigenvalue weighted by Gasteiger charge is 2.04. The molecule has 6 nitrogen and oxygen atoms in total. The first kappa shape index (κ1) is 6.84. The Hall–Kier alpha value is -1.85. The monoisotopic (exact) mass is 165 g/mol. The normalized spacial score (nSPS) is 10.4. The van der Waals surface area contributed by atoms with Gasteiger partial charge in [-0.1, -0.05) is 0 Å². The van der Waals surface area contributed by atoms with Crippen LogP contribution in [0.5, 0.6) is 0 Å². The van der Waals surface area contributed by atoms with E-state index in [2.05, 4.69) is 20.5 Å². The molecule has 0 aliphatic heterocycles. The zero-order valence-electron chi connectivity index (χ0n) is 6.40. The van der Waals surface area contributed by atoms with Crippen LogP contribution in [0.3, 0.4) is 0 Å². The molecule has 12 heavy (non-hydrogen) atoms. The fourth-order valence-corrected chi connectivity index (χ4v) is 1.01. The van der Waals surface area contributed by atoms with Gasteiger partial charge in [0.25, 0.3) is 5.56 Å². The van der Waals surface area contributed by atoms with Crippen LogP contribution in [0, 0.1) is 0 Å². The standard InChI is InChI=1S/C6H7N5O/c1-7-6-10-9-4-5(12)8-2-3-11(4)6/h2-3H,1H3,(H,7,10)(H,8,12).